The fraction of sp³-hybridized carbons (Fsp3) is 0.152. The quantitative estimate of drug-likeness (QED) is 0.112. The molecule has 0 bridgehead atoms. The molecule has 47 heavy (non-hydrogen) atoms. The summed E-state index contributed by atoms with van der Waals surface area (Å²) in [5.41, 5.74) is 5.09. The van der Waals surface area contributed by atoms with Gasteiger partial charge in [-0.15, -0.1) is 0 Å². The fourth-order valence-corrected chi connectivity index (χ4v) is 6.39. The summed E-state index contributed by atoms with van der Waals surface area (Å²) in [4.78, 5) is 27.1. The number of aromatic nitrogens is 3. The standard InChI is InChI=1S/C33H30ClN7O5S/c1-20-17-27(21(2)40(20)31-22(3)39(4)41(33(31)43)24-9-7-6-8-10-24)32(42)30(19-35)37-36-29-18-26(15-16-28(29)34)47(44,45)38-23-11-13-25(46-5)14-12-23/h6-18,36,38H,1-5H3/b37-30-. The molecule has 0 atom stereocenters. The number of hydrazone groups is 1. The number of nitriles is 1. The van der Waals surface area contributed by atoms with Gasteiger partial charge in [-0.3, -0.25) is 24.4 Å². The molecular weight excluding hydrogens is 642 g/mol. The molecule has 0 aliphatic heterocycles. The number of methoxy groups -OCH3 is 1. The van der Waals surface area contributed by atoms with Gasteiger partial charge in [0.2, 0.25) is 11.5 Å². The van der Waals surface area contributed by atoms with Crippen molar-refractivity contribution in [3.8, 4) is 23.2 Å². The first-order valence-electron chi connectivity index (χ1n) is 14.2. The summed E-state index contributed by atoms with van der Waals surface area (Å²) in [6.45, 7) is 5.26. The molecule has 0 amide bonds. The molecule has 240 valence electrons. The van der Waals surface area contributed by atoms with E-state index in [9.17, 15) is 23.3 Å². The summed E-state index contributed by atoms with van der Waals surface area (Å²) >= 11 is 6.30. The van der Waals surface area contributed by atoms with Gasteiger partial charge in [0.1, 0.15) is 17.5 Å². The van der Waals surface area contributed by atoms with E-state index in [4.69, 9.17) is 16.3 Å². The number of hydrogen-bond acceptors (Lipinski definition) is 8. The lowest BCUT2D eigenvalue weighted by Crippen LogP contribution is -2.22. The van der Waals surface area contributed by atoms with Crippen molar-refractivity contribution in [3.05, 3.63) is 117 Å². The van der Waals surface area contributed by atoms with Gasteiger partial charge in [-0.1, -0.05) is 29.8 Å². The highest BCUT2D eigenvalue weighted by atomic mass is 35.5. The summed E-state index contributed by atoms with van der Waals surface area (Å²) in [6, 6.07) is 22.8. The van der Waals surface area contributed by atoms with Crippen LogP contribution in [-0.4, -0.2) is 41.0 Å². The molecule has 2 aromatic heterocycles. The Labute approximate surface area is 276 Å². The number of hydrogen-bond donors (Lipinski definition) is 2. The van der Waals surface area contributed by atoms with E-state index in [0.717, 1.165) is 0 Å². The van der Waals surface area contributed by atoms with Gasteiger partial charge in [-0.25, -0.2) is 13.1 Å². The van der Waals surface area contributed by atoms with Crippen molar-refractivity contribution >= 4 is 44.5 Å². The number of carbonyl (C=O) groups excluding carboxylic acids is 1. The number of ketones is 1. The molecule has 12 nitrogen and oxygen atoms in total. The van der Waals surface area contributed by atoms with Crippen molar-refractivity contribution in [3.63, 3.8) is 0 Å². The number of rotatable bonds is 10. The Balaban J connectivity index is 1.44. The van der Waals surface area contributed by atoms with Crippen LogP contribution in [0, 0.1) is 32.1 Å². The number of para-hydroxylation sites is 1. The van der Waals surface area contributed by atoms with Crippen LogP contribution < -0.4 is 20.4 Å². The number of nitrogens with one attached hydrogen (secondary N) is 2. The first-order chi connectivity index (χ1) is 22.4. The van der Waals surface area contributed by atoms with E-state index >= 15 is 0 Å². The Morgan fingerprint density at radius 3 is 2.30 bits per heavy atom. The largest absolute Gasteiger partial charge is 0.497 e. The van der Waals surface area contributed by atoms with Crippen LogP contribution in [0.1, 0.15) is 27.4 Å². The lowest BCUT2D eigenvalue weighted by Gasteiger charge is -2.11. The molecule has 0 spiro atoms. The van der Waals surface area contributed by atoms with Gasteiger partial charge in [-0.05, 0) is 81.4 Å². The third-order valence-corrected chi connectivity index (χ3v) is 9.33. The number of halogens is 1. The normalized spacial score (nSPS) is 11.6. The van der Waals surface area contributed by atoms with Crippen molar-refractivity contribution < 1.29 is 17.9 Å². The highest BCUT2D eigenvalue weighted by Gasteiger charge is 2.26. The second kappa shape index (κ2) is 13.0. The number of carbonyl (C=O) groups is 1. The summed E-state index contributed by atoms with van der Waals surface area (Å²) in [6.07, 6.45) is 0. The molecule has 0 saturated carbocycles. The number of sulfonamides is 1. The zero-order valence-electron chi connectivity index (χ0n) is 26.1. The van der Waals surface area contributed by atoms with E-state index in [1.165, 1.54) is 25.3 Å². The van der Waals surface area contributed by atoms with Crippen LogP contribution in [0.5, 0.6) is 5.75 Å². The van der Waals surface area contributed by atoms with Gasteiger partial charge in [-0.2, -0.15) is 10.4 Å². The van der Waals surface area contributed by atoms with E-state index in [1.54, 1.807) is 71.2 Å². The maximum atomic E-state index is 13.7. The summed E-state index contributed by atoms with van der Waals surface area (Å²) in [7, 11) is -0.757. The molecule has 5 aromatic rings. The molecule has 3 aromatic carbocycles. The smallest absolute Gasteiger partial charge is 0.295 e. The molecule has 0 saturated heterocycles. The first-order valence-corrected chi connectivity index (χ1v) is 16.0. The third-order valence-electron chi connectivity index (χ3n) is 7.62. The van der Waals surface area contributed by atoms with E-state index in [2.05, 4.69) is 15.2 Å². The van der Waals surface area contributed by atoms with Crippen LogP contribution in [0.2, 0.25) is 5.02 Å². The van der Waals surface area contributed by atoms with Crippen LogP contribution >= 0.6 is 11.6 Å². The maximum absolute atomic E-state index is 13.7. The Bertz CT molecular complexity index is 2250. The fourth-order valence-electron chi connectivity index (χ4n) is 5.15. The number of Topliss-reactive ketones (excluding diaryl/α,β-unsaturated/α-hetero) is 1. The number of benzene rings is 3. The van der Waals surface area contributed by atoms with Gasteiger partial charge in [0.05, 0.1) is 34.1 Å². The molecule has 5 rings (SSSR count). The monoisotopic (exact) mass is 671 g/mol. The SMILES string of the molecule is COc1ccc(NS(=O)(=O)c2ccc(Cl)c(N/N=C(/C#N)C(=O)c3cc(C)n(-c4c(C)n(C)n(-c5ccccc5)c4=O)c3C)c2)cc1. The van der Waals surface area contributed by atoms with E-state index in [0.29, 0.717) is 39.9 Å². The molecular formula is C33H30ClN7O5S. The molecule has 0 radical (unpaired) electrons. The lowest BCUT2D eigenvalue weighted by atomic mass is 10.1. The Morgan fingerprint density at radius 1 is 0.979 bits per heavy atom. The summed E-state index contributed by atoms with van der Waals surface area (Å²) in [5.74, 6) is -0.132. The summed E-state index contributed by atoms with van der Waals surface area (Å²) < 4.78 is 38.7. The summed E-state index contributed by atoms with van der Waals surface area (Å²) in [5, 5.41) is 14.0. The van der Waals surface area contributed by atoms with E-state index < -0.39 is 21.5 Å². The zero-order chi connectivity index (χ0) is 34.0. The second-order valence-corrected chi connectivity index (χ2v) is 12.6. The predicted molar refractivity (Wildman–Crippen MR) is 181 cm³/mol. The zero-order valence-corrected chi connectivity index (χ0v) is 27.6. The van der Waals surface area contributed by atoms with Crippen molar-refractivity contribution in [2.45, 2.75) is 25.7 Å². The third kappa shape index (κ3) is 6.29. The van der Waals surface area contributed by atoms with Crippen molar-refractivity contribution in [2.24, 2.45) is 12.1 Å². The van der Waals surface area contributed by atoms with Gasteiger partial charge in [0.25, 0.3) is 15.6 Å². The molecule has 0 fully saturated rings. The second-order valence-electron chi connectivity index (χ2n) is 10.5. The number of aryl methyl sites for hydroxylation is 1. The average molecular weight is 672 g/mol. The van der Waals surface area contributed by atoms with Crippen LogP contribution in [0.25, 0.3) is 11.4 Å². The van der Waals surface area contributed by atoms with Gasteiger partial charge >= 0.3 is 0 Å². The van der Waals surface area contributed by atoms with Crippen molar-refractivity contribution in [2.75, 3.05) is 17.3 Å². The average Bonchev–Trinajstić information content (AvgIpc) is 3.47. The van der Waals surface area contributed by atoms with E-state index in [1.807, 2.05) is 37.3 Å². The topological polar surface area (TPSA) is 153 Å². The van der Waals surface area contributed by atoms with Crippen molar-refractivity contribution in [1.82, 2.24) is 13.9 Å². The van der Waals surface area contributed by atoms with Gasteiger partial charge in [0, 0.05) is 29.7 Å². The Morgan fingerprint density at radius 2 is 1.66 bits per heavy atom. The van der Waals surface area contributed by atoms with Crippen molar-refractivity contribution in [1.29, 1.82) is 5.26 Å². The number of nitrogens with zero attached hydrogens (tertiary/aromatic N) is 5. The molecule has 0 aliphatic rings. The van der Waals surface area contributed by atoms with Crippen LogP contribution in [-0.2, 0) is 17.1 Å². The first kappa shape index (κ1) is 32.8. The Kier molecular flexibility index (Phi) is 9.10. The minimum atomic E-state index is -4.04. The highest BCUT2D eigenvalue weighted by molar-refractivity contribution is 7.92. The Hall–Kier alpha value is -5.58. The minimum Gasteiger partial charge on any atom is -0.497 e. The van der Waals surface area contributed by atoms with Crippen LogP contribution in [0.4, 0.5) is 11.4 Å². The van der Waals surface area contributed by atoms with E-state index in [-0.39, 0.29) is 26.7 Å². The van der Waals surface area contributed by atoms with Gasteiger partial charge < -0.3 is 9.30 Å². The molecule has 14 heteroatoms. The number of anilines is 2. The van der Waals surface area contributed by atoms with Crippen LogP contribution in [0.15, 0.2) is 93.7 Å². The predicted octanol–water partition coefficient (Wildman–Crippen LogP) is 5.53. The minimum absolute atomic E-state index is 0.0525. The maximum Gasteiger partial charge on any atom is 0.295 e. The molecule has 0 aliphatic carbocycles. The highest BCUT2D eigenvalue weighted by Crippen LogP contribution is 2.28. The van der Waals surface area contributed by atoms with Crippen LogP contribution in [0.3, 0.4) is 0 Å². The molecule has 2 heterocycles. The van der Waals surface area contributed by atoms with Gasteiger partial charge in [0.15, 0.2) is 0 Å². The lowest BCUT2D eigenvalue weighted by molar-refractivity contribution is 0.106. The molecule has 2 N–H and O–H groups in total. The number of ether oxygens (including phenoxy) is 1. The molecule has 0 unspecified atom stereocenters.